The molecule has 112 valence electrons. The van der Waals surface area contributed by atoms with Crippen molar-refractivity contribution in [3.8, 4) is 0 Å². The van der Waals surface area contributed by atoms with Gasteiger partial charge in [-0.3, -0.25) is 0 Å². The van der Waals surface area contributed by atoms with Crippen LogP contribution in [0.15, 0.2) is 0 Å². The van der Waals surface area contributed by atoms with Crippen LogP contribution in [0.2, 0.25) is 0 Å². The molecule has 0 saturated heterocycles. The van der Waals surface area contributed by atoms with Crippen LogP contribution in [-0.4, -0.2) is 145 Å². The maximum atomic E-state index is 8.25. The molecule has 0 saturated carbocycles. The first-order valence-electron chi connectivity index (χ1n) is 2.19. The molecule has 21 heteroatoms. The van der Waals surface area contributed by atoms with Gasteiger partial charge in [-0.15, -0.1) is 0 Å². The van der Waals surface area contributed by atoms with Crippen LogP contribution in [0.1, 0.15) is 0 Å². The van der Waals surface area contributed by atoms with Crippen molar-refractivity contribution in [1.29, 1.82) is 0 Å². The van der Waals surface area contributed by atoms with E-state index in [-0.39, 0.29) is 124 Å². The molecule has 21 heavy (non-hydrogen) atoms. The molecule has 18 nitrogen and oxygen atoms in total. The standard InChI is InChI=1S/3Ca.4NO3.2H2O/c;;;4*2-1(3)4;;/h;;;;;;;2*1H2/q3*+2;4*-1;;/p-2. The Balaban J connectivity index is -0.0000000121. The van der Waals surface area contributed by atoms with Crippen molar-refractivity contribution >= 4 is 113 Å². The van der Waals surface area contributed by atoms with E-state index in [0.717, 1.165) is 0 Å². The number of hydrogen-bond acceptors (Lipinski definition) is 14. The summed E-state index contributed by atoms with van der Waals surface area (Å²) >= 11 is 0. The summed E-state index contributed by atoms with van der Waals surface area (Å²) in [5.41, 5.74) is 0. The summed E-state index contributed by atoms with van der Waals surface area (Å²) in [6.07, 6.45) is 0. The van der Waals surface area contributed by atoms with Gasteiger partial charge in [0.15, 0.2) is 0 Å². The fraction of sp³-hybridized carbons (Fsp3) is 0. The van der Waals surface area contributed by atoms with Gasteiger partial charge in [0.25, 0.3) is 0 Å². The van der Waals surface area contributed by atoms with Gasteiger partial charge in [0.1, 0.15) is 0 Å². The topological polar surface area (TPSA) is 325 Å². The molecule has 0 aromatic carbocycles. The van der Waals surface area contributed by atoms with E-state index in [1.165, 1.54) is 0 Å². The van der Waals surface area contributed by atoms with Crippen molar-refractivity contribution in [1.82, 2.24) is 0 Å². The van der Waals surface area contributed by atoms with Crippen molar-refractivity contribution in [3.63, 3.8) is 0 Å². The maximum absolute atomic E-state index is 8.25. The smallest absolute Gasteiger partial charge is 0.870 e. The van der Waals surface area contributed by atoms with Gasteiger partial charge in [-0.1, -0.05) is 0 Å². The van der Waals surface area contributed by atoms with Crippen LogP contribution >= 0.6 is 0 Å². The molecule has 0 rings (SSSR count). The van der Waals surface area contributed by atoms with Crippen LogP contribution < -0.4 is 0 Å². The number of hydrogen-bond donors (Lipinski definition) is 0. The van der Waals surface area contributed by atoms with Gasteiger partial charge in [0.05, 0.1) is 20.3 Å². The second kappa shape index (κ2) is 49.9. The van der Waals surface area contributed by atoms with Crippen LogP contribution in [0.4, 0.5) is 0 Å². The first-order chi connectivity index (χ1) is 6.93. The van der Waals surface area contributed by atoms with Crippen LogP contribution in [0.25, 0.3) is 0 Å². The van der Waals surface area contributed by atoms with Crippen LogP contribution in [0.3, 0.4) is 0 Å². The van der Waals surface area contributed by atoms with E-state index in [4.69, 9.17) is 61.3 Å². The van der Waals surface area contributed by atoms with Crippen molar-refractivity contribution in [2.24, 2.45) is 0 Å². The Morgan fingerprint density at radius 1 is 0.381 bits per heavy atom. The molecule has 0 fully saturated rings. The van der Waals surface area contributed by atoms with Crippen LogP contribution in [-0.2, 0) is 0 Å². The van der Waals surface area contributed by atoms with Crippen LogP contribution in [0, 0.1) is 61.3 Å². The summed E-state index contributed by atoms with van der Waals surface area (Å²) < 4.78 is 0. The molecule has 0 unspecified atom stereocenters. The van der Waals surface area contributed by atoms with Crippen molar-refractivity contribution in [3.05, 3.63) is 61.3 Å². The molecule has 0 atom stereocenters. The summed E-state index contributed by atoms with van der Waals surface area (Å²) in [5, 5.41) is 59.0. The second-order valence-electron chi connectivity index (χ2n) is 0.894. The van der Waals surface area contributed by atoms with Gasteiger partial charge < -0.3 is 72.2 Å². The minimum Gasteiger partial charge on any atom is -0.870 e. The predicted molar refractivity (Wildman–Crippen MR) is 62.6 cm³/mol. The molecule has 0 bridgehead atoms. The molecule has 0 spiro atoms. The van der Waals surface area contributed by atoms with Gasteiger partial charge in [-0.25, -0.2) is 0 Å². The van der Waals surface area contributed by atoms with Crippen LogP contribution in [0.5, 0.6) is 0 Å². The van der Waals surface area contributed by atoms with E-state index in [1.54, 1.807) is 0 Å². The van der Waals surface area contributed by atoms with E-state index in [9.17, 15) is 0 Å². The van der Waals surface area contributed by atoms with E-state index >= 15 is 0 Å². The zero-order valence-electron chi connectivity index (χ0n) is 9.70. The Bertz CT molecular complexity index is 166. The van der Waals surface area contributed by atoms with E-state index in [2.05, 4.69) is 0 Å². The Hall–Kier alpha value is 0.499. The van der Waals surface area contributed by atoms with Crippen molar-refractivity contribution in [2.45, 2.75) is 0 Å². The molecule has 0 aliphatic carbocycles. The molecular formula is H2Ca3N4O14. The molecule has 0 aromatic heterocycles. The van der Waals surface area contributed by atoms with Gasteiger partial charge >= 0.3 is 113 Å². The zero-order chi connectivity index (χ0) is 14.3. The van der Waals surface area contributed by atoms with Gasteiger partial charge in [-0.05, 0) is 0 Å². The van der Waals surface area contributed by atoms with E-state index in [1.807, 2.05) is 0 Å². The van der Waals surface area contributed by atoms with Gasteiger partial charge in [0.2, 0.25) is 0 Å². The summed E-state index contributed by atoms with van der Waals surface area (Å²) in [4.78, 5) is 33.0. The van der Waals surface area contributed by atoms with Crippen molar-refractivity contribution in [2.75, 3.05) is 0 Å². The Morgan fingerprint density at radius 2 is 0.381 bits per heavy atom. The molecule has 0 radical (unpaired) electrons. The SMILES string of the molecule is O=[N+]([O-])[O-].O=[N+]([O-])[O-].O=[N+]([O-])[O-].O=[N+]([O-])[O-].[Ca+2].[Ca+2].[Ca+2].[OH-].[OH-]. The quantitative estimate of drug-likeness (QED) is 0.230. The maximum Gasteiger partial charge on any atom is 2.00 e. The normalized spacial score (nSPS) is 4.57. The predicted octanol–water partition coefficient (Wildman–Crippen LogP) is -2.45. The van der Waals surface area contributed by atoms with Gasteiger partial charge in [0, 0.05) is 0 Å². The average Bonchev–Trinajstić information content (AvgIpc) is 1.76. The molecule has 0 heterocycles. The largest absolute Gasteiger partial charge is 2.00 e. The van der Waals surface area contributed by atoms with Gasteiger partial charge in [-0.2, -0.15) is 0 Å². The molecule has 0 aromatic rings. The van der Waals surface area contributed by atoms with E-state index < -0.39 is 20.3 Å². The molecule has 0 amide bonds. The van der Waals surface area contributed by atoms with Crippen molar-refractivity contribution < 1.29 is 31.3 Å². The molecule has 2 N–H and O–H groups in total. The third kappa shape index (κ3) is 28100. The first kappa shape index (κ1) is 57.8. The zero-order valence-corrected chi connectivity index (χ0v) is 16.3. The summed E-state index contributed by atoms with van der Waals surface area (Å²) in [6.45, 7) is 0. The third-order valence-electron chi connectivity index (χ3n) is 0. The minimum atomic E-state index is -1.75. The molecular weight excluding hydrogens is 400 g/mol. The van der Waals surface area contributed by atoms with E-state index in [0.29, 0.717) is 0 Å². The summed E-state index contributed by atoms with van der Waals surface area (Å²) in [5.74, 6) is 0. The second-order valence-corrected chi connectivity index (χ2v) is 0.894. The Kier molecular flexibility index (Phi) is 137. The summed E-state index contributed by atoms with van der Waals surface area (Å²) in [7, 11) is 0. The fourth-order valence-corrected chi connectivity index (χ4v) is 0. The monoisotopic (exact) mass is 402 g/mol. The third-order valence-corrected chi connectivity index (χ3v) is 0. The number of nitrogens with zero attached hydrogens (tertiary/aromatic N) is 4. The molecule has 0 aliphatic rings. The Morgan fingerprint density at radius 3 is 0.381 bits per heavy atom. The average molecular weight is 402 g/mol. The minimum absolute atomic E-state index is 0. The first-order valence-corrected chi connectivity index (χ1v) is 2.19. The summed E-state index contributed by atoms with van der Waals surface area (Å²) in [6, 6.07) is 0. The molecule has 0 aliphatic heterocycles. The fourth-order valence-electron chi connectivity index (χ4n) is 0. The number of rotatable bonds is 0. The Labute approximate surface area is 202 Å².